The van der Waals surface area contributed by atoms with E-state index in [-0.39, 0.29) is 6.61 Å². The zero-order valence-electron chi connectivity index (χ0n) is 10.3. The predicted octanol–water partition coefficient (Wildman–Crippen LogP) is 3.00. The second kappa shape index (κ2) is 6.34. The normalized spacial score (nSPS) is 15.2. The summed E-state index contributed by atoms with van der Waals surface area (Å²) in [7, 11) is 0. The SMILES string of the molecule is O=Cc1ccc(N(CCCO)C2CCC2)c(Br)c1. The van der Waals surface area contributed by atoms with E-state index in [4.69, 9.17) is 5.11 Å². The molecule has 1 saturated carbocycles. The summed E-state index contributed by atoms with van der Waals surface area (Å²) in [5, 5.41) is 9.00. The van der Waals surface area contributed by atoms with E-state index in [1.807, 2.05) is 18.2 Å². The number of rotatable bonds is 6. The number of benzene rings is 1. The maximum absolute atomic E-state index is 10.7. The standard InChI is InChI=1S/C14H18BrNO2/c15-13-9-11(10-18)5-6-14(13)16(7-2-8-17)12-3-1-4-12/h5-6,9-10,12,17H,1-4,7-8H2. The van der Waals surface area contributed by atoms with Crippen LogP contribution in [0.1, 0.15) is 36.0 Å². The summed E-state index contributed by atoms with van der Waals surface area (Å²) in [5.41, 5.74) is 1.81. The molecule has 0 atom stereocenters. The average Bonchev–Trinajstić information content (AvgIpc) is 2.32. The van der Waals surface area contributed by atoms with Crippen LogP contribution in [-0.2, 0) is 0 Å². The lowest BCUT2D eigenvalue weighted by atomic mass is 9.91. The Morgan fingerprint density at radius 2 is 2.22 bits per heavy atom. The number of anilines is 1. The molecule has 4 heteroatoms. The third kappa shape index (κ3) is 2.93. The quantitative estimate of drug-likeness (QED) is 0.821. The molecular formula is C14H18BrNO2. The first kappa shape index (κ1) is 13.6. The molecule has 0 amide bonds. The van der Waals surface area contributed by atoms with Crippen molar-refractivity contribution in [1.29, 1.82) is 0 Å². The minimum absolute atomic E-state index is 0.216. The van der Waals surface area contributed by atoms with Crippen molar-refractivity contribution in [3.05, 3.63) is 28.2 Å². The highest BCUT2D eigenvalue weighted by Crippen LogP contribution is 2.34. The van der Waals surface area contributed by atoms with Crippen LogP contribution in [0.5, 0.6) is 0 Å². The monoisotopic (exact) mass is 311 g/mol. The summed E-state index contributed by atoms with van der Waals surface area (Å²) < 4.78 is 0.955. The minimum atomic E-state index is 0.216. The van der Waals surface area contributed by atoms with Gasteiger partial charge in [-0.1, -0.05) is 0 Å². The largest absolute Gasteiger partial charge is 0.396 e. The van der Waals surface area contributed by atoms with E-state index in [1.165, 1.54) is 19.3 Å². The van der Waals surface area contributed by atoms with E-state index in [9.17, 15) is 4.79 Å². The van der Waals surface area contributed by atoms with Gasteiger partial charge >= 0.3 is 0 Å². The lowest BCUT2D eigenvalue weighted by Crippen LogP contribution is -2.41. The van der Waals surface area contributed by atoms with E-state index in [0.29, 0.717) is 11.6 Å². The number of aliphatic hydroxyl groups excluding tert-OH is 1. The van der Waals surface area contributed by atoms with Crippen LogP contribution in [0.3, 0.4) is 0 Å². The van der Waals surface area contributed by atoms with Crippen LogP contribution in [0.15, 0.2) is 22.7 Å². The lowest BCUT2D eigenvalue weighted by molar-refractivity contribution is 0.112. The Kier molecular flexibility index (Phi) is 4.78. The first-order chi connectivity index (χ1) is 8.76. The summed E-state index contributed by atoms with van der Waals surface area (Å²) in [6, 6.07) is 6.27. The lowest BCUT2D eigenvalue weighted by Gasteiger charge is -2.39. The molecule has 1 aliphatic carbocycles. The van der Waals surface area contributed by atoms with Gasteiger partial charge in [0.05, 0.1) is 5.69 Å². The summed E-state index contributed by atoms with van der Waals surface area (Å²) in [5.74, 6) is 0. The van der Waals surface area contributed by atoms with Crippen molar-refractivity contribution in [2.45, 2.75) is 31.7 Å². The summed E-state index contributed by atoms with van der Waals surface area (Å²) in [6.45, 7) is 1.08. The van der Waals surface area contributed by atoms with Gasteiger partial charge in [-0.15, -0.1) is 0 Å². The van der Waals surface area contributed by atoms with Crippen LogP contribution >= 0.6 is 15.9 Å². The third-order valence-electron chi connectivity index (χ3n) is 3.49. The van der Waals surface area contributed by atoms with Gasteiger partial charge in [-0.2, -0.15) is 0 Å². The zero-order chi connectivity index (χ0) is 13.0. The Morgan fingerprint density at radius 3 is 2.72 bits per heavy atom. The molecule has 98 valence electrons. The van der Waals surface area contributed by atoms with Crippen molar-refractivity contribution in [3.8, 4) is 0 Å². The Hall–Kier alpha value is -0.870. The third-order valence-corrected chi connectivity index (χ3v) is 4.13. The molecule has 1 fully saturated rings. The van der Waals surface area contributed by atoms with Crippen LogP contribution in [0.2, 0.25) is 0 Å². The van der Waals surface area contributed by atoms with Crippen molar-refractivity contribution in [1.82, 2.24) is 0 Å². The summed E-state index contributed by atoms with van der Waals surface area (Å²) in [4.78, 5) is 13.1. The molecule has 1 aromatic rings. The van der Waals surface area contributed by atoms with Crippen molar-refractivity contribution in [2.75, 3.05) is 18.1 Å². The molecule has 2 rings (SSSR count). The summed E-state index contributed by atoms with van der Waals surface area (Å²) in [6.07, 6.45) is 5.35. The fourth-order valence-corrected chi connectivity index (χ4v) is 2.89. The highest BCUT2D eigenvalue weighted by molar-refractivity contribution is 9.10. The zero-order valence-corrected chi connectivity index (χ0v) is 11.9. The fourth-order valence-electron chi connectivity index (χ4n) is 2.27. The van der Waals surface area contributed by atoms with Crippen LogP contribution in [0.25, 0.3) is 0 Å². The van der Waals surface area contributed by atoms with Gasteiger partial charge in [0, 0.05) is 29.2 Å². The highest BCUT2D eigenvalue weighted by atomic mass is 79.9. The number of hydrogen-bond donors (Lipinski definition) is 1. The van der Waals surface area contributed by atoms with Crippen molar-refractivity contribution in [3.63, 3.8) is 0 Å². The maximum atomic E-state index is 10.7. The molecule has 1 aromatic carbocycles. The number of carbonyl (C=O) groups excluding carboxylic acids is 1. The second-order valence-electron chi connectivity index (χ2n) is 4.68. The molecule has 0 aliphatic heterocycles. The number of halogens is 1. The summed E-state index contributed by atoms with van der Waals surface area (Å²) >= 11 is 3.54. The van der Waals surface area contributed by atoms with Gasteiger partial charge in [0.15, 0.2) is 0 Å². The molecular weight excluding hydrogens is 294 g/mol. The molecule has 0 radical (unpaired) electrons. The molecule has 0 heterocycles. The van der Waals surface area contributed by atoms with Crippen LogP contribution < -0.4 is 4.90 Å². The molecule has 1 aliphatic rings. The number of nitrogens with zero attached hydrogens (tertiary/aromatic N) is 1. The van der Waals surface area contributed by atoms with E-state index in [0.717, 1.165) is 29.4 Å². The molecule has 0 spiro atoms. The van der Waals surface area contributed by atoms with E-state index < -0.39 is 0 Å². The average molecular weight is 312 g/mol. The van der Waals surface area contributed by atoms with E-state index in [1.54, 1.807) is 0 Å². The second-order valence-corrected chi connectivity index (χ2v) is 5.54. The molecule has 0 unspecified atom stereocenters. The van der Waals surface area contributed by atoms with Gasteiger partial charge in [0.1, 0.15) is 6.29 Å². The molecule has 0 saturated heterocycles. The molecule has 0 bridgehead atoms. The fraction of sp³-hybridized carbons (Fsp3) is 0.500. The maximum Gasteiger partial charge on any atom is 0.150 e. The van der Waals surface area contributed by atoms with Crippen molar-refractivity contribution < 1.29 is 9.90 Å². The Labute approximate surface area is 116 Å². The van der Waals surface area contributed by atoms with Gasteiger partial charge in [-0.05, 0) is 59.8 Å². The van der Waals surface area contributed by atoms with Crippen molar-refractivity contribution in [2.24, 2.45) is 0 Å². The van der Waals surface area contributed by atoms with Crippen molar-refractivity contribution >= 4 is 27.9 Å². The number of aliphatic hydroxyl groups is 1. The van der Waals surface area contributed by atoms with Crippen LogP contribution in [-0.4, -0.2) is 30.6 Å². The van der Waals surface area contributed by atoms with E-state index in [2.05, 4.69) is 20.8 Å². The van der Waals surface area contributed by atoms with Gasteiger partial charge in [-0.3, -0.25) is 4.79 Å². The van der Waals surface area contributed by atoms with E-state index >= 15 is 0 Å². The Bertz CT molecular complexity index is 418. The first-order valence-electron chi connectivity index (χ1n) is 6.38. The number of aldehydes is 1. The van der Waals surface area contributed by atoms with Gasteiger partial charge in [-0.25, -0.2) is 0 Å². The first-order valence-corrected chi connectivity index (χ1v) is 7.18. The topological polar surface area (TPSA) is 40.5 Å². The van der Waals surface area contributed by atoms with Gasteiger partial charge in [0.2, 0.25) is 0 Å². The highest BCUT2D eigenvalue weighted by Gasteiger charge is 2.25. The molecule has 1 N–H and O–H groups in total. The smallest absolute Gasteiger partial charge is 0.150 e. The van der Waals surface area contributed by atoms with Gasteiger partial charge in [0.25, 0.3) is 0 Å². The number of carbonyl (C=O) groups is 1. The van der Waals surface area contributed by atoms with Crippen LogP contribution in [0.4, 0.5) is 5.69 Å². The number of hydrogen-bond acceptors (Lipinski definition) is 3. The molecule has 18 heavy (non-hydrogen) atoms. The molecule has 3 nitrogen and oxygen atoms in total. The Balaban J connectivity index is 2.20. The predicted molar refractivity (Wildman–Crippen MR) is 76.2 cm³/mol. The van der Waals surface area contributed by atoms with Crippen LogP contribution in [0, 0.1) is 0 Å². The minimum Gasteiger partial charge on any atom is -0.396 e. The van der Waals surface area contributed by atoms with Gasteiger partial charge < -0.3 is 10.0 Å². The Morgan fingerprint density at radius 1 is 1.44 bits per heavy atom. The molecule has 0 aromatic heterocycles.